The van der Waals surface area contributed by atoms with Crippen molar-refractivity contribution >= 4 is 11.9 Å². The van der Waals surface area contributed by atoms with Crippen molar-refractivity contribution in [2.45, 2.75) is 33.1 Å². The van der Waals surface area contributed by atoms with Gasteiger partial charge >= 0.3 is 6.09 Å². The third kappa shape index (κ3) is 5.05. The van der Waals surface area contributed by atoms with Crippen LogP contribution in [0.5, 0.6) is 5.88 Å². The van der Waals surface area contributed by atoms with Gasteiger partial charge in [-0.3, -0.25) is 0 Å². The molecule has 0 unspecified atom stereocenters. The summed E-state index contributed by atoms with van der Waals surface area (Å²) in [5, 5.41) is 2.61. The monoisotopic (exact) mass is 308 g/mol. The maximum Gasteiger partial charge on any atom is 0.407 e. The fraction of sp³-hybridized carbons (Fsp3) is 0.667. The number of carbonyl (C=O) groups excluding carboxylic acids is 1. The van der Waals surface area contributed by atoms with Crippen LogP contribution in [-0.2, 0) is 4.74 Å². The molecule has 0 aromatic carbocycles. The molecule has 0 saturated carbocycles. The molecule has 1 amide bonds. The van der Waals surface area contributed by atoms with Gasteiger partial charge in [-0.05, 0) is 33.1 Å². The van der Waals surface area contributed by atoms with Gasteiger partial charge in [0.05, 0.1) is 13.2 Å². The number of hydrogen-bond acceptors (Lipinski definition) is 6. The summed E-state index contributed by atoms with van der Waals surface area (Å²) in [4.78, 5) is 22.2. The van der Waals surface area contributed by atoms with Gasteiger partial charge in [-0.2, -0.15) is 4.98 Å². The molecule has 1 aromatic rings. The molecule has 22 heavy (non-hydrogen) atoms. The predicted molar refractivity (Wildman–Crippen MR) is 83.4 cm³/mol. The van der Waals surface area contributed by atoms with E-state index < -0.39 is 6.09 Å². The lowest BCUT2D eigenvalue weighted by molar-refractivity contribution is 0.150. The smallest absolute Gasteiger partial charge is 0.407 e. The van der Waals surface area contributed by atoms with E-state index in [1.807, 2.05) is 13.0 Å². The lowest BCUT2D eigenvalue weighted by Crippen LogP contribution is -2.30. The number of piperidine rings is 1. The van der Waals surface area contributed by atoms with Crippen LogP contribution < -0.4 is 15.0 Å². The summed E-state index contributed by atoms with van der Waals surface area (Å²) in [6, 6.07) is 1.86. The molecule has 122 valence electrons. The normalized spacial score (nSPS) is 14.5. The molecule has 0 aliphatic carbocycles. The van der Waals surface area contributed by atoms with Gasteiger partial charge in [-0.1, -0.05) is 0 Å². The summed E-state index contributed by atoms with van der Waals surface area (Å²) < 4.78 is 10.4. The van der Waals surface area contributed by atoms with Crippen LogP contribution in [0.4, 0.5) is 10.6 Å². The van der Waals surface area contributed by atoms with E-state index in [9.17, 15) is 4.79 Å². The molecule has 1 aliphatic rings. The fourth-order valence-electron chi connectivity index (χ4n) is 2.38. The van der Waals surface area contributed by atoms with Crippen LogP contribution in [0.1, 0.15) is 32.0 Å². The van der Waals surface area contributed by atoms with Crippen LogP contribution in [0, 0.1) is 6.92 Å². The number of carbonyl (C=O) groups is 1. The highest BCUT2D eigenvalue weighted by atomic mass is 16.5. The van der Waals surface area contributed by atoms with Crippen LogP contribution >= 0.6 is 0 Å². The largest absolute Gasteiger partial charge is 0.476 e. The zero-order chi connectivity index (χ0) is 15.8. The minimum Gasteiger partial charge on any atom is -0.476 e. The molecule has 1 saturated heterocycles. The lowest BCUT2D eigenvalue weighted by atomic mass is 10.1. The third-order valence-corrected chi connectivity index (χ3v) is 3.38. The molecule has 1 aromatic heterocycles. The number of ether oxygens (including phenoxy) is 2. The Morgan fingerprint density at radius 2 is 2.09 bits per heavy atom. The molecular formula is C15H24N4O3. The van der Waals surface area contributed by atoms with Crippen molar-refractivity contribution in [3.8, 4) is 5.88 Å². The highest BCUT2D eigenvalue weighted by Gasteiger charge is 2.14. The quantitative estimate of drug-likeness (QED) is 0.809. The van der Waals surface area contributed by atoms with Crippen LogP contribution in [0.2, 0.25) is 0 Å². The lowest BCUT2D eigenvalue weighted by Gasteiger charge is -2.28. The van der Waals surface area contributed by atoms with E-state index in [2.05, 4.69) is 20.2 Å². The van der Waals surface area contributed by atoms with Gasteiger partial charge in [-0.25, -0.2) is 9.78 Å². The molecular weight excluding hydrogens is 284 g/mol. The Kier molecular flexibility index (Phi) is 6.24. The van der Waals surface area contributed by atoms with Crippen LogP contribution in [-0.4, -0.2) is 48.9 Å². The van der Waals surface area contributed by atoms with Crippen molar-refractivity contribution in [3.05, 3.63) is 11.9 Å². The first-order chi connectivity index (χ1) is 10.7. The van der Waals surface area contributed by atoms with E-state index >= 15 is 0 Å². The molecule has 0 atom stereocenters. The van der Waals surface area contributed by atoms with Crippen molar-refractivity contribution in [2.24, 2.45) is 0 Å². The van der Waals surface area contributed by atoms with Gasteiger partial charge in [-0.15, -0.1) is 0 Å². The molecule has 2 heterocycles. The number of hydrogen-bond donors (Lipinski definition) is 1. The van der Waals surface area contributed by atoms with Gasteiger partial charge in [0.15, 0.2) is 0 Å². The second-order valence-corrected chi connectivity index (χ2v) is 5.16. The summed E-state index contributed by atoms with van der Waals surface area (Å²) in [5.74, 6) is 2.15. The van der Waals surface area contributed by atoms with E-state index in [0.717, 1.165) is 18.9 Å². The first kappa shape index (κ1) is 16.3. The number of rotatable bonds is 6. The van der Waals surface area contributed by atoms with E-state index in [-0.39, 0.29) is 0 Å². The number of aromatic nitrogens is 2. The Morgan fingerprint density at radius 3 is 2.82 bits per heavy atom. The van der Waals surface area contributed by atoms with E-state index in [1.165, 1.54) is 19.3 Å². The SMILES string of the molecule is CCOC(=O)NCCOc1cc(N2CCCCC2)nc(C)n1. The Morgan fingerprint density at radius 1 is 1.32 bits per heavy atom. The zero-order valence-electron chi connectivity index (χ0n) is 13.3. The Balaban J connectivity index is 1.85. The third-order valence-electron chi connectivity index (χ3n) is 3.38. The maximum atomic E-state index is 11.1. The van der Waals surface area contributed by atoms with Crippen molar-refractivity contribution in [1.29, 1.82) is 0 Å². The van der Waals surface area contributed by atoms with Gasteiger partial charge in [0.2, 0.25) is 5.88 Å². The first-order valence-corrected chi connectivity index (χ1v) is 7.83. The van der Waals surface area contributed by atoms with E-state index in [4.69, 9.17) is 9.47 Å². The van der Waals surface area contributed by atoms with Crippen LogP contribution in [0.15, 0.2) is 6.07 Å². The number of nitrogens with zero attached hydrogens (tertiary/aromatic N) is 3. The second kappa shape index (κ2) is 8.41. The second-order valence-electron chi connectivity index (χ2n) is 5.16. The molecule has 7 nitrogen and oxygen atoms in total. The minimum absolute atomic E-state index is 0.342. The summed E-state index contributed by atoms with van der Waals surface area (Å²) in [5.41, 5.74) is 0. The molecule has 2 rings (SSSR count). The average molecular weight is 308 g/mol. The van der Waals surface area contributed by atoms with Crippen molar-refractivity contribution in [2.75, 3.05) is 37.7 Å². The van der Waals surface area contributed by atoms with Gasteiger partial charge in [0.25, 0.3) is 0 Å². The van der Waals surface area contributed by atoms with E-state index in [1.54, 1.807) is 6.92 Å². The maximum absolute atomic E-state index is 11.1. The number of anilines is 1. The Labute approximate surface area is 131 Å². The number of amides is 1. The summed E-state index contributed by atoms with van der Waals surface area (Å²) in [6.07, 6.45) is 3.24. The summed E-state index contributed by atoms with van der Waals surface area (Å²) >= 11 is 0. The number of aryl methyl sites for hydroxylation is 1. The standard InChI is InChI=1S/C15H24N4O3/c1-3-21-15(20)16-7-10-22-14-11-13(17-12(2)18-14)19-8-5-4-6-9-19/h11H,3-10H2,1-2H3,(H,16,20). The Bertz CT molecular complexity index is 490. The zero-order valence-corrected chi connectivity index (χ0v) is 13.3. The highest BCUT2D eigenvalue weighted by Crippen LogP contribution is 2.21. The molecule has 0 bridgehead atoms. The van der Waals surface area contributed by atoms with Gasteiger partial charge < -0.3 is 19.7 Å². The predicted octanol–water partition coefficient (Wildman–Crippen LogP) is 1.90. The molecule has 1 N–H and O–H groups in total. The average Bonchev–Trinajstić information content (AvgIpc) is 2.52. The summed E-state index contributed by atoms with van der Waals surface area (Å²) in [7, 11) is 0. The van der Waals surface area contributed by atoms with Gasteiger partial charge in [0, 0.05) is 19.2 Å². The fourth-order valence-corrected chi connectivity index (χ4v) is 2.38. The molecule has 1 aliphatic heterocycles. The highest BCUT2D eigenvalue weighted by molar-refractivity contribution is 5.66. The van der Waals surface area contributed by atoms with Crippen molar-refractivity contribution in [1.82, 2.24) is 15.3 Å². The molecule has 7 heteroatoms. The molecule has 0 spiro atoms. The summed E-state index contributed by atoms with van der Waals surface area (Å²) in [6.45, 7) is 6.76. The van der Waals surface area contributed by atoms with Crippen LogP contribution in [0.3, 0.4) is 0 Å². The van der Waals surface area contributed by atoms with Crippen molar-refractivity contribution < 1.29 is 14.3 Å². The van der Waals surface area contributed by atoms with Crippen LogP contribution in [0.25, 0.3) is 0 Å². The molecule has 0 radical (unpaired) electrons. The van der Waals surface area contributed by atoms with Gasteiger partial charge in [0.1, 0.15) is 18.2 Å². The first-order valence-electron chi connectivity index (χ1n) is 7.83. The van der Waals surface area contributed by atoms with E-state index in [0.29, 0.717) is 31.5 Å². The topological polar surface area (TPSA) is 76.6 Å². The van der Waals surface area contributed by atoms with Crippen molar-refractivity contribution in [3.63, 3.8) is 0 Å². The molecule has 1 fully saturated rings. The number of alkyl carbamates (subject to hydrolysis) is 1. The number of nitrogens with one attached hydrogen (secondary N) is 1. The Hall–Kier alpha value is -2.05. The minimum atomic E-state index is -0.432.